The fourth-order valence-electron chi connectivity index (χ4n) is 2.25. The maximum Gasteiger partial charge on any atom is 0.240 e. The van der Waals surface area contributed by atoms with Crippen LogP contribution in [0, 0.1) is 5.92 Å². The molecule has 0 saturated carbocycles. The molecule has 1 rings (SSSR count). The van der Waals surface area contributed by atoms with Crippen LogP contribution in [-0.2, 0) is 14.8 Å². The second-order valence-electron chi connectivity index (χ2n) is 6.48. The Morgan fingerprint density at radius 3 is 2.13 bits per heavy atom. The van der Waals surface area contributed by atoms with Crippen molar-refractivity contribution in [3.05, 3.63) is 29.8 Å². The van der Waals surface area contributed by atoms with Crippen LogP contribution in [0.5, 0.6) is 0 Å². The van der Waals surface area contributed by atoms with Crippen molar-refractivity contribution in [3.8, 4) is 0 Å². The topological polar surface area (TPSA) is 66.5 Å². The first-order valence-electron chi connectivity index (χ1n) is 7.98. The second-order valence-corrected chi connectivity index (χ2v) is 8.25. The van der Waals surface area contributed by atoms with Crippen LogP contribution >= 0.6 is 0 Å². The number of amides is 1. The lowest BCUT2D eigenvalue weighted by atomic mass is 10.0. The zero-order valence-electron chi connectivity index (χ0n) is 14.7. The van der Waals surface area contributed by atoms with Gasteiger partial charge in [0.15, 0.2) is 0 Å². The molecular weight excluding hydrogens is 312 g/mol. The summed E-state index contributed by atoms with van der Waals surface area (Å²) in [6.07, 6.45) is 0. The molecule has 0 atom stereocenters. The molecular formula is C17H28N2O3S. The van der Waals surface area contributed by atoms with Gasteiger partial charge in [0.1, 0.15) is 0 Å². The van der Waals surface area contributed by atoms with Crippen molar-refractivity contribution in [2.24, 2.45) is 5.92 Å². The van der Waals surface area contributed by atoms with Crippen molar-refractivity contribution in [2.75, 3.05) is 19.6 Å². The minimum absolute atomic E-state index is 0.0424. The molecule has 1 N–H and O–H groups in total. The van der Waals surface area contributed by atoms with Gasteiger partial charge in [0.2, 0.25) is 15.9 Å². The van der Waals surface area contributed by atoms with Crippen LogP contribution in [0.2, 0.25) is 0 Å². The Labute approximate surface area is 140 Å². The molecule has 0 aliphatic rings. The summed E-state index contributed by atoms with van der Waals surface area (Å²) in [4.78, 5) is 13.5. The maximum absolute atomic E-state index is 12.3. The standard InChI is InChI=1S/C17H28N2O3S/c1-13(2)12-19(15(5)20)11-10-18-23(21,22)17-8-6-16(7-9-17)14(3)4/h6-9,13-14,18H,10-12H2,1-5H3. The molecule has 0 spiro atoms. The van der Waals surface area contributed by atoms with Crippen LogP contribution in [0.4, 0.5) is 0 Å². The number of nitrogens with zero attached hydrogens (tertiary/aromatic N) is 1. The molecule has 130 valence electrons. The van der Waals surface area contributed by atoms with Gasteiger partial charge < -0.3 is 4.90 Å². The van der Waals surface area contributed by atoms with Crippen LogP contribution in [0.3, 0.4) is 0 Å². The number of hydrogen-bond donors (Lipinski definition) is 1. The quantitative estimate of drug-likeness (QED) is 0.791. The largest absolute Gasteiger partial charge is 0.341 e. The van der Waals surface area contributed by atoms with Crippen LogP contribution < -0.4 is 4.72 Å². The second kappa shape index (κ2) is 8.45. The van der Waals surface area contributed by atoms with Crippen molar-refractivity contribution in [2.45, 2.75) is 45.4 Å². The molecule has 0 radical (unpaired) electrons. The summed E-state index contributed by atoms with van der Waals surface area (Å²) in [5.74, 6) is 0.665. The summed E-state index contributed by atoms with van der Waals surface area (Å²) in [6.45, 7) is 10.9. The molecule has 23 heavy (non-hydrogen) atoms. The Bertz CT molecular complexity index is 607. The van der Waals surface area contributed by atoms with Gasteiger partial charge in [0.05, 0.1) is 4.90 Å². The Balaban J connectivity index is 2.66. The van der Waals surface area contributed by atoms with Crippen LogP contribution in [0.15, 0.2) is 29.2 Å². The number of carbonyl (C=O) groups excluding carboxylic acids is 1. The molecule has 0 unspecified atom stereocenters. The third kappa shape index (κ3) is 6.31. The van der Waals surface area contributed by atoms with E-state index in [1.54, 1.807) is 17.0 Å². The first kappa shape index (κ1) is 19.6. The summed E-state index contributed by atoms with van der Waals surface area (Å²) in [7, 11) is -3.54. The highest BCUT2D eigenvalue weighted by molar-refractivity contribution is 7.89. The molecule has 1 amide bonds. The molecule has 0 heterocycles. The summed E-state index contributed by atoms with van der Waals surface area (Å²) < 4.78 is 27.1. The minimum atomic E-state index is -3.54. The van der Waals surface area contributed by atoms with Crippen LogP contribution in [0.25, 0.3) is 0 Å². The monoisotopic (exact) mass is 340 g/mol. The third-order valence-electron chi connectivity index (χ3n) is 3.56. The zero-order chi connectivity index (χ0) is 17.6. The Hall–Kier alpha value is -1.40. The van der Waals surface area contributed by atoms with E-state index in [-0.39, 0.29) is 17.3 Å². The van der Waals surface area contributed by atoms with E-state index in [1.165, 1.54) is 6.92 Å². The first-order valence-corrected chi connectivity index (χ1v) is 9.47. The van der Waals surface area contributed by atoms with Gasteiger partial charge in [-0.1, -0.05) is 39.8 Å². The van der Waals surface area contributed by atoms with Crippen molar-refractivity contribution in [3.63, 3.8) is 0 Å². The van der Waals surface area contributed by atoms with E-state index in [1.807, 2.05) is 26.0 Å². The van der Waals surface area contributed by atoms with Gasteiger partial charge >= 0.3 is 0 Å². The lowest BCUT2D eigenvalue weighted by molar-refractivity contribution is -0.129. The molecule has 0 saturated heterocycles. The molecule has 0 aliphatic heterocycles. The average Bonchev–Trinajstić information content (AvgIpc) is 2.45. The molecule has 1 aromatic carbocycles. The average molecular weight is 340 g/mol. The Kier molecular flexibility index (Phi) is 7.22. The lowest BCUT2D eigenvalue weighted by Gasteiger charge is -2.23. The minimum Gasteiger partial charge on any atom is -0.341 e. The molecule has 0 bridgehead atoms. The molecule has 0 aliphatic carbocycles. The van der Waals surface area contributed by atoms with Crippen molar-refractivity contribution >= 4 is 15.9 Å². The van der Waals surface area contributed by atoms with Gasteiger partial charge in [-0.15, -0.1) is 0 Å². The third-order valence-corrected chi connectivity index (χ3v) is 5.04. The summed E-state index contributed by atoms with van der Waals surface area (Å²) in [5, 5.41) is 0. The highest BCUT2D eigenvalue weighted by Gasteiger charge is 2.16. The predicted molar refractivity (Wildman–Crippen MR) is 92.8 cm³/mol. The van der Waals surface area contributed by atoms with Crippen LogP contribution in [0.1, 0.15) is 46.1 Å². The number of hydrogen-bond acceptors (Lipinski definition) is 3. The fourth-order valence-corrected chi connectivity index (χ4v) is 3.27. The van der Waals surface area contributed by atoms with Crippen molar-refractivity contribution < 1.29 is 13.2 Å². The molecule has 1 aromatic rings. The smallest absolute Gasteiger partial charge is 0.240 e. The van der Waals surface area contributed by atoms with Gasteiger partial charge in [-0.05, 0) is 29.5 Å². The summed E-state index contributed by atoms with van der Waals surface area (Å²) in [6, 6.07) is 6.91. The van der Waals surface area contributed by atoms with E-state index in [4.69, 9.17) is 0 Å². The number of carbonyl (C=O) groups is 1. The van der Waals surface area contributed by atoms with Gasteiger partial charge in [-0.3, -0.25) is 4.79 Å². The first-order chi connectivity index (χ1) is 10.6. The summed E-state index contributed by atoms with van der Waals surface area (Å²) in [5.41, 5.74) is 1.10. The summed E-state index contributed by atoms with van der Waals surface area (Å²) >= 11 is 0. The molecule has 0 fully saturated rings. The van der Waals surface area contributed by atoms with Crippen LogP contribution in [-0.4, -0.2) is 38.9 Å². The van der Waals surface area contributed by atoms with E-state index in [0.717, 1.165) is 5.56 Å². The Morgan fingerprint density at radius 1 is 1.13 bits per heavy atom. The van der Waals surface area contributed by atoms with E-state index in [2.05, 4.69) is 18.6 Å². The SMILES string of the molecule is CC(=O)N(CCNS(=O)(=O)c1ccc(C(C)C)cc1)CC(C)C. The molecule has 0 aromatic heterocycles. The van der Waals surface area contributed by atoms with E-state index in [9.17, 15) is 13.2 Å². The molecule has 6 heteroatoms. The highest BCUT2D eigenvalue weighted by atomic mass is 32.2. The fraction of sp³-hybridized carbons (Fsp3) is 0.588. The van der Waals surface area contributed by atoms with Crippen molar-refractivity contribution in [1.29, 1.82) is 0 Å². The van der Waals surface area contributed by atoms with E-state index < -0.39 is 10.0 Å². The predicted octanol–water partition coefficient (Wildman–Crippen LogP) is 2.59. The number of benzene rings is 1. The Morgan fingerprint density at radius 2 is 1.70 bits per heavy atom. The van der Waals surface area contributed by atoms with Gasteiger partial charge in [0, 0.05) is 26.6 Å². The number of rotatable bonds is 8. The van der Waals surface area contributed by atoms with Gasteiger partial charge in [-0.25, -0.2) is 13.1 Å². The lowest BCUT2D eigenvalue weighted by Crippen LogP contribution is -2.39. The van der Waals surface area contributed by atoms with Crippen molar-refractivity contribution in [1.82, 2.24) is 9.62 Å². The zero-order valence-corrected chi connectivity index (χ0v) is 15.5. The maximum atomic E-state index is 12.3. The van der Waals surface area contributed by atoms with E-state index >= 15 is 0 Å². The van der Waals surface area contributed by atoms with Gasteiger partial charge in [-0.2, -0.15) is 0 Å². The number of sulfonamides is 1. The number of nitrogens with one attached hydrogen (secondary N) is 1. The molecule has 5 nitrogen and oxygen atoms in total. The normalized spacial score (nSPS) is 12.0. The van der Waals surface area contributed by atoms with Gasteiger partial charge in [0.25, 0.3) is 0 Å². The highest BCUT2D eigenvalue weighted by Crippen LogP contribution is 2.17. The van der Waals surface area contributed by atoms with E-state index in [0.29, 0.717) is 24.9 Å².